The normalized spacial score (nSPS) is 10.9. The van der Waals surface area contributed by atoms with E-state index in [1.54, 1.807) is 39.3 Å². The topological polar surface area (TPSA) is 616 Å². The summed E-state index contributed by atoms with van der Waals surface area (Å²) in [6.07, 6.45) is 0. The van der Waals surface area contributed by atoms with Crippen LogP contribution < -0.4 is 0 Å². The first kappa shape index (κ1) is 84.4. The van der Waals surface area contributed by atoms with Crippen molar-refractivity contribution in [3.8, 4) is 0 Å². The van der Waals surface area contributed by atoms with Gasteiger partial charge in [-0.15, -0.1) is 0 Å². The first-order valence-corrected chi connectivity index (χ1v) is 116. The molecule has 428 valence electrons. The van der Waals surface area contributed by atoms with Gasteiger partial charge in [0.1, 0.15) is 0 Å². The van der Waals surface area contributed by atoms with E-state index in [1.165, 1.54) is 6.55 Å². The second kappa shape index (κ2) is 36.6. The van der Waals surface area contributed by atoms with Gasteiger partial charge < -0.3 is 164 Å². The largest absolute Gasteiger partial charge is 0.455 e. The summed E-state index contributed by atoms with van der Waals surface area (Å²) < 4.78 is 456. The van der Waals surface area contributed by atoms with Gasteiger partial charge >= 0.3 is 270 Å². The summed E-state index contributed by atoms with van der Waals surface area (Å²) in [6, 6.07) is 0. The van der Waals surface area contributed by atoms with Crippen LogP contribution in [0.3, 0.4) is 0 Å². The highest BCUT2D eigenvalue weighted by atomic mass is 30.1. The Morgan fingerprint density at radius 3 is 0.482 bits per heavy atom. The number of hydrogen-bond acceptors (Lipinski definition) is 37. The van der Waals surface area contributed by atoms with E-state index in [2.05, 4.69) is 0 Å². The Kier molecular flexibility index (Phi) is 37.2. The Labute approximate surface area is 509 Å². The monoisotopic (exact) mass is 1790 g/mol. The van der Waals surface area contributed by atoms with Crippen LogP contribution in [-0.2, 0) is 164 Å². The van der Waals surface area contributed by atoms with Gasteiger partial charge in [0.2, 0.25) is 8.56 Å². The minimum Gasteiger partial charge on any atom is -0.455 e. The molecule has 0 saturated carbocycles. The molecule has 76 heteroatoms. The molecule has 2 radical (unpaired) electrons. The van der Waals surface area contributed by atoms with E-state index in [1.807, 2.05) is 0 Å². The second-order valence-electron chi connectivity index (χ2n) is 16.7. The van der Waals surface area contributed by atoms with Crippen molar-refractivity contribution in [2.24, 2.45) is 0 Å². The maximum Gasteiger partial charge on any atom is 0.381 e. The van der Waals surface area contributed by atoms with Crippen LogP contribution in [0.4, 0.5) is 0 Å². The van der Waals surface area contributed by atoms with Gasteiger partial charge in [-0.3, -0.25) is 0 Å². The lowest BCUT2D eigenvalue weighted by atomic mass is 11.8. The van der Waals surface area contributed by atoms with E-state index >= 15 is 0 Å². The van der Waals surface area contributed by atoms with Crippen LogP contribution in [0.1, 0.15) is 0 Å². The fourth-order valence-electron chi connectivity index (χ4n) is 4.43. The molecule has 0 rings (SSSR count). The van der Waals surface area contributed by atoms with Crippen LogP contribution >= 0.6 is 0 Å². The summed E-state index contributed by atoms with van der Waals surface area (Å²) in [5.74, 6) is 0. The zero-order valence-electron chi connectivity index (χ0n) is 41.7. The molecule has 0 aromatic carbocycles. The molecule has 0 amide bonds. The van der Waals surface area contributed by atoms with Gasteiger partial charge in [0.05, 0.1) is 0 Å². The summed E-state index contributed by atoms with van der Waals surface area (Å²) in [7, 11) is -166. The van der Waals surface area contributed by atoms with Gasteiger partial charge in [-0.2, -0.15) is 0 Å². The van der Waals surface area contributed by atoms with Crippen molar-refractivity contribution in [2.45, 2.75) is 45.8 Å². The van der Waals surface area contributed by atoms with Crippen LogP contribution in [-0.4, -0.2) is 305 Å². The van der Waals surface area contributed by atoms with Gasteiger partial charge in [0, 0.05) is 0 Å². The maximum atomic E-state index is 12.8. The fraction of sp³-hybridized carbons (Fsp3) is 1.00. The predicted octanol–water partition coefficient (Wildman–Crippen LogP) is -15.3. The summed E-state index contributed by atoms with van der Waals surface area (Å²) in [6.45, 7) is 11.2. The van der Waals surface area contributed by atoms with Gasteiger partial charge in [-0.25, -0.2) is 0 Å². The smallest absolute Gasteiger partial charge is 0.381 e. The molecule has 0 fully saturated rings. The molecule has 0 aliphatic carbocycles. The standard InChI is InChI=1S/C7H22O37Si39/c1-46(44-83(5,6)7)48(9)50(11)52(13)54(15)56(17)58(19)60(21)62(23)64(25)66(27)68(29)70(31)72(33)74(35)76(37)78(39)80(41)81(42)79(40)77(38)75(36)73(34)71(32)69(30)67(28)65(26)63(24)61(22)59(20)57(18)55(16)53(14)51(12)49(10)47(8)45-43-82(2,3)4/h46H,1-7H3. The van der Waals surface area contributed by atoms with E-state index in [0.29, 0.717) is 0 Å². The molecule has 0 aromatic heterocycles. The number of hydrogen-bond donors (Lipinski definition) is 0. The molecular weight excluding hydrogens is 1770 g/mol. The molecule has 0 heterocycles. The van der Waals surface area contributed by atoms with Crippen molar-refractivity contribution in [3.05, 3.63) is 0 Å². The van der Waals surface area contributed by atoms with Crippen molar-refractivity contribution in [3.63, 3.8) is 0 Å². The molecule has 1 atom stereocenters. The minimum atomic E-state index is -4.80. The van der Waals surface area contributed by atoms with Crippen LogP contribution in [0.2, 0.25) is 45.8 Å². The molecular formula is C7H22O37Si39. The Hall–Kier alpha value is 1.38. The van der Waals surface area contributed by atoms with Crippen LogP contribution in [0, 0.1) is 0 Å². The molecule has 0 N–H and O–H groups in total. The van der Waals surface area contributed by atoms with Gasteiger partial charge in [0.25, 0.3) is 9.28 Å². The molecule has 0 spiro atoms. The van der Waals surface area contributed by atoms with Gasteiger partial charge in [-0.1, -0.05) is 0 Å². The van der Waals surface area contributed by atoms with E-state index < -0.39 is 305 Å². The second-order valence-corrected chi connectivity index (χ2v) is 203. The molecule has 1 unspecified atom stereocenters. The molecule has 0 aliphatic rings. The molecule has 0 saturated heterocycles. The average Bonchev–Trinajstić information content (AvgIpc) is 3.65. The highest BCUT2D eigenvalue weighted by molar-refractivity contribution is 7.85. The molecule has 0 aromatic rings. The molecule has 0 aliphatic heterocycles. The third-order valence-corrected chi connectivity index (χ3v) is 298. The third-order valence-electron chi connectivity index (χ3n) is 8.38. The quantitative estimate of drug-likeness (QED) is 0.0514. The van der Waals surface area contributed by atoms with Gasteiger partial charge in [0.15, 0.2) is 16.6 Å². The predicted molar refractivity (Wildman–Crippen MR) is 293 cm³/mol. The van der Waals surface area contributed by atoms with Crippen molar-refractivity contribution in [1.29, 1.82) is 0 Å². The maximum absolute atomic E-state index is 12.8. The van der Waals surface area contributed by atoms with Crippen LogP contribution in [0.25, 0.3) is 0 Å². The Morgan fingerprint density at radius 1 is 0.217 bits per heavy atom. The van der Waals surface area contributed by atoms with Crippen molar-refractivity contribution in [1.82, 2.24) is 0 Å². The molecule has 0 bridgehead atoms. The average molecular weight is 1790 g/mol. The van der Waals surface area contributed by atoms with Crippen molar-refractivity contribution < 1.29 is 164 Å². The van der Waals surface area contributed by atoms with Crippen molar-refractivity contribution >= 4 is 305 Å². The zero-order valence-corrected chi connectivity index (χ0v) is 80.8. The third kappa shape index (κ3) is 23.8. The lowest BCUT2D eigenvalue weighted by Gasteiger charge is -2.20. The zero-order chi connectivity index (χ0) is 65.9. The first-order chi connectivity index (χ1) is 37.5. The fourth-order valence-corrected chi connectivity index (χ4v) is 438. The number of rotatable bonds is 40. The van der Waals surface area contributed by atoms with E-state index in [9.17, 15) is 156 Å². The Bertz CT molecular complexity index is 3520. The van der Waals surface area contributed by atoms with E-state index in [4.69, 9.17) is 8.23 Å². The summed E-state index contributed by atoms with van der Waals surface area (Å²) >= 11 is 0. The summed E-state index contributed by atoms with van der Waals surface area (Å²) in [5, 5.41) is 0. The summed E-state index contributed by atoms with van der Waals surface area (Å²) in [4.78, 5) is 0. The first-order valence-electron chi connectivity index (χ1n) is 20.6. The Morgan fingerprint density at radius 2 is 0.349 bits per heavy atom. The molecule has 37 nitrogen and oxygen atoms in total. The Balaban J connectivity index is 5.94. The van der Waals surface area contributed by atoms with Crippen molar-refractivity contribution in [2.75, 3.05) is 0 Å². The van der Waals surface area contributed by atoms with Crippen LogP contribution in [0.15, 0.2) is 0 Å². The molecule has 83 heavy (non-hydrogen) atoms. The van der Waals surface area contributed by atoms with E-state index in [-0.39, 0.29) is 0 Å². The van der Waals surface area contributed by atoms with Crippen LogP contribution in [0.5, 0.6) is 0 Å². The lowest BCUT2D eigenvalue weighted by molar-refractivity contribution is 0.531. The SMILES string of the molecule is C[SiH](O[Si](C)(C)C)[Si](=O)[Si](=O)[Si](=O)[Si](=O)[Si](=O)[Si](=O)[Si](=O)[Si](=O)[Si](=O)[Si](=O)[Si](=O)[Si](=O)[Si](=O)[Si](=O)[Si](=O)[Si](=O)[Si](=O)[Si](=O)[Si](=O)[Si](=O)[Si](=O)[Si](=O)[Si](=O)[Si](=O)[Si](=O)[Si](=O)[Si](=O)[Si](=O)[Si](=O)[Si](=O)[Si](=O)[Si](=O)[Si](=O)[Si](=O)[Si](=O)[Si]O[Si](C)(C)C. The summed E-state index contributed by atoms with van der Waals surface area (Å²) in [5.41, 5.74) is 0. The lowest BCUT2D eigenvalue weighted by Crippen LogP contribution is -2.58. The highest BCUT2D eigenvalue weighted by Crippen LogP contribution is 2.05. The highest BCUT2D eigenvalue weighted by Gasteiger charge is 2.59. The minimum absolute atomic E-state index is 0.959. The van der Waals surface area contributed by atoms with E-state index in [0.717, 1.165) is 0 Å². The van der Waals surface area contributed by atoms with Gasteiger partial charge in [-0.05, 0) is 45.8 Å².